The molecule has 0 atom stereocenters. The molecule has 0 unspecified atom stereocenters. The van der Waals surface area contributed by atoms with Gasteiger partial charge in [0.15, 0.2) is 0 Å². The van der Waals surface area contributed by atoms with Crippen molar-refractivity contribution in [2.45, 2.75) is 51.9 Å². The zero-order valence-electron chi connectivity index (χ0n) is 19.2. The summed E-state index contributed by atoms with van der Waals surface area (Å²) in [6.07, 6.45) is 11.4. The summed E-state index contributed by atoms with van der Waals surface area (Å²) >= 11 is 0. The highest BCUT2D eigenvalue weighted by atomic mass is 32.2. The van der Waals surface area contributed by atoms with Crippen LogP contribution in [0.25, 0.3) is 0 Å². The topological polar surface area (TPSA) is 114 Å². The molecule has 0 aliphatic heterocycles. The van der Waals surface area contributed by atoms with Gasteiger partial charge in [0, 0.05) is 17.8 Å². The first-order valence-corrected chi connectivity index (χ1v) is 12.9. The third-order valence-corrected chi connectivity index (χ3v) is 6.23. The van der Waals surface area contributed by atoms with Crippen LogP contribution in [0.1, 0.15) is 62.2 Å². The van der Waals surface area contributed by atoms with Crippen molar-refractivity contribution in [3.63, 3.8) is 0 Å². The first-order valence-electron chi connectivity index (χ1n) is 11.2. The molecule has 8 nitrogen and oxygen atoms in total. The zero-order valence-corrected chi connectivity index (χ0v) is 20.0. The predicted molar refractivity (Wildman–Crippen MR) is 128 cm³/mol. The molecule has 0 saturated heterocycles. The summed E-state index contributed by atoms with van der Waals surface area (Å²) < 4.78 is 29.7. The highest BCUT2D eigenvalue weighted by molar-refractivity contribution is 7.89. The molecule has 1 rings (SSSR count). The second-order valence-corrected chi connectivity index (χ2v) is 9.40. The molecule has 0 spiro atoms. The normalized spacial score (nSPS) is 11.4. The summed E-state index contributed by atoms with van der Waals surface area (Å²) in [5.74, 6) is -0.554. The first kappa shape index (κ1) is 27.6. The number of unbranched alkanes of at least 4 members (excludes halogenated alkanes) is 6. The molecule has 0 aromatic heterocycles. The van der Waals surface area contributed by atoms with Crippen LogP contribution < -0.4 is 15.4 Å². The lowest BCUT2D eigenvalue weighted by Crippen LogP contribution is -2.30. The molecule has 32 heavy (non-hydrogen) atoms. The van der Waals surface area contributed by atoms with Crippen LogP contribution in [-0.4, -0.2) is 52.8 Å². The SMILES string of the molecule is CCOC(=O)CNC(=O)c1ccc(NC/C=C/CCCCCCCCS(=O)(=O)NC)cc1. The van der Waals surface area contributed by atoms with Gasteiger partial charge in [0.2, 0.25) is 10.0 Å². The van der Waals surface area contributed by atoms with Gasteiger partial charge in [-0.3, -0.25) is 9.59 Å². The summed E-state index contributed by atoms with van der Waals surface area (Å²) in [6.45, 7) is 2.57. The predicted octanol–water partition coefficient (Wildman–Crippen LogP) is 3.23. The fraction of sp³-hybridized carbons (Fsp3) is 0.565. The monoisotopic (exact) mass is 467 g/mol. The van der Waals surface area contributed by atoms with E-state index in [1.165, 1.54) is 7.05 Å². The molecule has 1 aromatic carbocycles. The van der Waals surface area contributed by atoms with Gasteiger partial charge in [0.05, 0.1) is 12.4 Å². The van der Waals surface area contributed by atoms with Crippen LogP contribution in [0.3, 0.4) is 0 Å². The van der Waals surface area contributed by atoms with Crippen molar-refractivity contribution in [3.8, 4) is 0 Å². The van der Waals surface area contributed by atoms with Crippen molar-refractivity contribution < 1.29 is 22.7 Å². The number of sulfonamides is 1. The Hall–Kier alpha value is -2.39. The largest absolute Gasteiger partial charge is 0.465 e. The Balaban J connectivity index is 2.10. The van der Waals surface area contributed by atoms with Crippen molar-refractivity contribution in [2.24, 2.45) is 0 Å². The van der Waals surface area contributed by atoms with Crippen LogP contribution in [0.5, 0.6) is 0 Å². The quantitative estimate of drug-likeness (QED) is 0.184. The molecule has 1 amide bonds. The Morgan fingerprint density at radius 1 is 0.969 bits per heavy atom. The van der Waals surface area contributed by atoms with Crippen molar-refractivity contribution >= 4 is 27.6 Å². The molecule has 9 heteroatoms. The number of nitrogens with one attached hydrogen (secondary N) is 3. The zero-order chi connectivity index (χ0) is 23.7. The number of hydrogen-bond donors (Lipinski definition) is 3. The molecule has 1 aromatic rings. The number of rotatable bonds is 17. The fourth-order valence-electron chi connectivity index (χ4n) is 2.95. The van der Waals surface area contributed by atoms with E-state index in [2.05, 4.69) is 27.5 Å². The molecular weight excluding hydrogens is 430 g/mol. The van der Waals surface area contributed by atoms with Gasteiger partial charge in [0.25, 0.3) is 5.91 Å². The summed E-state index contributed by atoms with van der Waals surface area (Å²) in [5, 5.41) is 5.80. The van der Waals surface area contributed by atoms with Crippen molar-refractivity contribution in [1.82, 2.24) is 10.0 Å². The average molecular weight is 468 g/mol. The minimum absolute atomic E-state index is 0.140. The van der Waals surface area contributed by atoms with Gasteiger partial charge in [-0.05, 0) is 57.5 Å². The molecule has 0 heterocycles. The third kappa shape index (κ3) is 13.1. The van der Waals surface area contributed by atoms with E-state index >= 15 is 0 Å². The number of ether oxygens (including phenoxy) is 1. The smallest absolute Gasteiger partial charge is 0.325 e. The van der Waals surface area contributed by atoms with Gasteiger partial charge < -0.3 is 15.4 Å². The maximum atomic E-state index is 12.0. The van der Waals surface area contributed by atoms with E-state index in [-0.39, 0.29) is 24.8 Å². The Morgan fingerprint density at radius 2 is 1.62 bits per heavy atom. The lowest BCUT2D eigenvalue weighted by Gasteiger charge is -2.07. The van der Waals surface area contributed by atoms with Gasteiger partial charge in [-0.1, -0.05) is 37.8 Å². The summed E-state index contributed by atoms with van der Waals surface area (Å²) in [5.41, 5.74) is 1.40. The highest BCUT2D eigenvalue weighted by Crippen LogP contribution is 2.10. The number of anilines is 1. The maximum Gasteiger partial charge on any atom is 0.325 e. The third-order valence-electron chi connectivity index (χ3n) is 4.78. The molecule has 0 bridgehead atoms. The molecule has 0 aliphatic carbocycles. The van der Waals surface area contributed by atoms with Crippen molar-refractivity contribution in [2.75, 3.05) is 37.8 Å². The molecule has 3 N–H and O–H groups in total. The van der Waals surface area contributed by atoms with E-state index < -0.39 is 16.0 Å². The van der Waals surface area contributed by atoms with Gasteiger partial charge in [0.1, 0.15) is 6.54 Å². The minimum Gasteiger partial charge on any atom is -0.465 e. The van der Waals surface area contributed by atoms with E-state index in [1.807, 2.05) is 12.1 Å². The van der Waals surface area contributed by atoms with Gasteiger partial charge in [-0.2, -0.15) is 0 Å². The average Bonchev–Trinajstić information content (AvgIpc) is 2.78. The highest BCUT2D eigenvalue weighted by Gasteiger charge is 2.08. The second kappa shape index (κ2) is 16.3. The van der Waals surface area contributed by atoms with Crippen LogP contribution in [0.4, 0.5) is 5.69 Å². The Morgan fingerprint density at radius 3 is 2.28 bits per heavy atom. The summed E-state index contributed by atoms with van der Waals surface area (Å²) in [7, 11) is -1.61. The fourth-order valence-corrected chi connectivity index (χ4v) is 3.74. The van der Waals surface area contributed by atoms with Gasteiger partial charge >= 0.3 is 5.97 Å². The maximum absolute atomic E-state index is 12.0. The van der Waals surface area contributed by atoms with Crippen LogP contribution in [-0.2, 0) is 19.6 Å². The standard InChI is InChI=1S/C23H37N3O5S/c1-3-31-22(27)19-26-23(28)20-13-15-21(16-14-20)25-17-11-9-7-5-4-6-8-10-12-18-32(29,30)24-2/h9,11,13-16,24-25H,3-8,10,12,17-19H2,1-2H3,(H,26,28)/b11-9+. The summed E-state index contributed by atoms with van der Waals surface area (Å²) in [4.78, 5) is 23.3. The van der Waals surface area contributed by atoms with Crippen LogP contribution in [0.15, 0.2) is 36.4 Å². The van der Waals surface area contributed by atoms with E-state index in [9.17, 15) is 18.0 Å². The van der Waals surface area contributed by atoms with Gasteiger partial charge in [-0.15, -0.1) is 0 Å². The van der Waals surface area contributed by atoms with E-state index in [0.717, 1.165) is 44.2 Å². The van der Waals surface area contributed by atoms with Crippen molar-refractivity contribution in [3.05, 3.63) is 42.0 Å². The number of allylic oxidation sites excluding steroid dienone is 1. The first-order chi connectivity index (χ1) is 15.4. The number of carbonyl (C=O) groups is 2. The molecule has 0 saturated carbocycles. The minimum atomic E-state index is -3.06. The van der Waals surface area contributed by atoms with E-state index in [1.54, 1.807) is 19.1 Å². The molecule has 0 fully saturated rings. The Kier molecular flexibility index (Phi) is 14.1. The summed E-state index contributed by atoms with van der Waals surface area (Å²) in [6, 6.07) is 7.07. The Labute approximate surface area is 192 Å². The number of carbonyl (C=O) groups excluding carboxylic acids is 2. The number of benzene rings is 1. The number of esters is 1. The van der Waals surface area contributed by atoms with Crippen molar-refractivity contribution in [1.29, 1.82) is 0 Å². The van der Waals surface area contributed by atoms with Crippen LogP contribution >= 0.6 is 0 Å². The lowest BCUT2D eigenvalue weighted by atomic mass is 10.1. The Bertz CT molecular complexity index is 807. The number of amides is 1. The van der Waals surface area contributed by atoms with Gasteiger partial charge in [-0.25, -0.2) is 13.1 Å². The lowest BCUT2D eigenvalue weighted by molar-refractivity contribution is -0.141. The molecule has 0 aliphatic rings. The van der Waals surface area contributed by atoms with Crippen LogP contribution in [0, 0.1) is 0 Å². The molecule has 0 radical (unpaired) electrons. The van der Waals surface area contributed by atoms with E-state index in [0.29, 0.717) is 18.5 Å². The number of hydrogen-bond acceptors (Lipinski definition) is 6. The second-order valence-electron chi connectivity index (χ2n) is 7.35. The molecule has 180 valence electrons. The molecular formula is C23H37N3O5S. The van der Waals surface area contributed by atoms with Crippen LogP contribution in [0.2, 0.25) is 0 Å². The van der Waals surface area contributed by atoms with E-state index in [4.69, 9.17) is 4.74 Å².